The van der Waals surface area contributed by atoms with Crippen LogP contribution in [0.4, 0.5) is 11.5 Å². The van der Waals surface area contributed by atoms with Gasteiger partial charge in [0.05, 0.1) is 17.1 Å². The van der Waals surface area contributed by atoms with E-state index in [1.807, 2.05) is 6.92 Å². The van der Waals surface area contributed by atoms with E-state index in [2.05, 4.69) is 20.5 Å². The van der Waals surface area contributed by atoms with Gasteiger partial charge in [-0.15, -0.1) is 0 Å². The summed E-state index contributed by atoms with van der Waals surface area (Å²) in [6.45, 7) is 3.93. The number of aromatic nitrogens is 4. The van der Waals surface area contributed by atoms with Gasteiger partial charge in [-0.25, -0.2) is 0 Å². The van der Waals surface area contributed by atoms with Gasteiger partial charge < -0.3 is 20.0 Å². The van der Waals surface area contributed by atoms with Crippen LogP contribution in [0.5, 0.6) is 0 Å². The Balaban J connectivity index is 1.90. The topological polar surface area (TPSA) is 119 Å². The Hall–Kier alpha value is -2.71. The second-order valence-corrected chi connectivity index (χ2v) is 4.33. The summed E-state index contributed by atoms with van der Waals surface area (Å²) in [7, 11) is 0. The number of anilines is 1. The molecule has 9 heteroatoms. The molecular weight excluding hydrogens is 264 g/mol. The predicted octanol–water partition coefficient (Wildman–Crippen LogP) is 1.16. The van der Waals surface area contributed by atoms with Gasteiger partial charge in [-0.2, -0.15) is 5.10 Å². The molecule has 0 atom stereocenters. The number of nitrogens with zero attached hydrogens (tertiary/aromatic N) is 4. The number of hydrogen-bond acceptors (Lipinski definition) is 5. The molecule has 0 saturated heterocycles. The van der Waals surface area contributed by atoms with Crippen LogP contribution in [-0.2, 0) is 11.3 Å². The zero-order chi connectivity index (χ0) is 14.7. The molecule has 2 aromatic rings. The minimum atomic E-state index is -0.575. The largest absolute Gasteiger partial charge is 0.381 e. The molecule has 0 spiro atoms. The number of carbonyl (C=O) groups excluding carboxylic acids is 1. The molecule has 9 nitrogen and oxygen atoms in total. The van der Waals surface area contributed by atoms with E-state index in [1.165, 1.54) is 17.1 Å². The van der Waals surface area contributed by atoms with Gasteiger partial charge in [0.15, 0.2) is 0 Å². The molecule has 0 aliphatic rings. The molecule has 2 N–H and O–H groups in total. The zero-order valence-electron chi connectivity index (χ0n) is 11.1. The second-order valence-electron chi connectivity index (χ2n) is 4.33. The van der Waals surface area contributed by atoms with Gasteiger partial charge in [-0.3, -0.25) is 9.89 Å². The molecule has 1 amide bonds. The first-order chi connectivity index (χ1) is 9.47. The summed E-state index contributed by atoms with van der Waals surface area (Å²) in [5.74, 6) is -0.416. The van der Waals surface area contributed by atoms with Crippen molar-refractivity contribution in [1.82, 2.24) is 19.7 Å². The number of aryl methyl sites for hydroxylation is 3. The Bertz CT molecular complexity index is 625. The summed E-state index contributed by atoms with van der Waals surface area (Å²) in [6.07, 6.45) is 2.82. The lowest BCUT2D eigenvalue weighted by molar-refractivity contribution is -0.389. The van der Waals surface area contributed by atoms with Crippen molar-refractivity contribution in [3.8, 4) is 0 Å². The molecule has 0 radical (unpaired) electrons. The van der Waals surface area contributed by atoms with Gasteiger partial charge in [0.1, 0.15) is 6.20 Å². The molecule has 106 valence electrons. The third-order valence-corrected chi connectivity index (χ3v) is 2.80. The summed E-state index contributed by atoms with van der Waals surface area (Å²) in [6, 6.07) is 0. The fraction of sp³-hybridized carbons (Fsp3) is 0.364. The van der Waals surface area contributed by atoms with Crippen molar-refractivity contribution in [2.45, 2.75) is 26.8 Å². The van der Waals surface area contributed by atoms with Crippen LogP contribution in [-0.4, -0.2) is 30.6 Å². The van der Waals surface area contributed by atoms with Gasteiger partial charge >= 0.3 is 5.82 Å². The first kappa shape index (κ1) is 13.7. The van der Waals surface area contributed by atoms with Crippen LogP contribution in [0.3, 0.4) is 0 Å². The summed E-state index contributed by atoms with van der Waals surface area (Å²) >= 11 is 0. The minimum absolute atomic E-state index is 0.186. The molecule has 0 aromatic carbocycles. The molecule has 0 aliphatic carbocycles. The van der Waals surface area contributed by atoms with Crippen molar-refractivity contribution in [3.63, 3.8) is 0 Å². The monoisotopic (exact) mass is 278 g/mol. The average molecular weight is 278 g/mol. The maximum Gasteiger partial charge on any atom is 0.381 e. The maximum atomic E-state index is 11.8. The number of nitrogens with one attached hydrogen (secondary N) is 2. The van der Waals surface area contributed by atoms with Crippen LogP contribution >= 0.6 is 0 Å². The van der Waals surface area contributed by atoms with Gasteiger partial charge in [-0.05, 0) is 23.8 Å². The highest BCUT2D eigenvalue weighted by Gasteiger charge is 2.12. The number of rotatable bonds is 5. The lowest BCUT2D eigenvalue weighted by Crippen LogP contribution is -2.14. The highest BCUT2D eigenvalue weighted by molar-refractivity contribution is 5.91. The molecule has 20 heavy (non-hydrogen) atoms. The lowest BCUT2D eigenvalue weighted by atomic mass is 10.3. The quantitative estimate of drug-likeness (QED) is 0.628. The molecule has 0 saturated carbocycles. The van der Waals surface area contributed by atoms with E-state index < -0.39 is 4.92 Å². The van der Waals surface area contributed by atoms with Crippen molar-refractivity contribution in [3.05, 3.63) is 34.0 Å². The fourth-order valence-corrected chi connectivity index (χ4v) is 1.73. The highest BCUT2D eigenvalue weighted by atomic mass is 16.6. The average Bonchev–Trinajstić information content (AvgIpc) is 2.98. The normalized spacial score (nSPS) is 10.5. The maximum absolute atomic E-state index is 11.8. The number of imidazole rings is 1. The summed E-state index contributed by atoms with van der Waals surface area (Å²) in [5.41, 5.74) is 2.18. The second kappa shape index (κ2) is 5.51. The van der Waals surface area contributed by atoms with Crippen LogP contribution in [0.1, 0.15) is 17.8 Å². The Morgan fingerprint density at radius 3 is 2.85 bits per heavy atom. The first-order valence-electron chi connectivity index (χ1n) is 5.95. The molecular formula is C11H14N6O3. The van der Waals surface area contributed by atoms with E-state index in [0.717, 1.165) is 5.69 Å². The van der Waals surface area contributed by atoms with Crippen molar-refractivity contribution >= 4 is 17.4 Å². The fourth-order valence-electron chi connectivity index (χ4n) is 1.73. The third-order valence-electron chi connectivity index (χ3n) is 2.80. The molecule has 0 aliphatic heterocycles. The Labute approximate surface area is 114 Å². The van der Waals surface area contributed by atoms with Gasteiger partial charge in [-0.1, -0.05) is 0 Å². The van der Waals surface area contributed by atoms with Crippen molar-refractivity contribution in [2.24, 2.45) is 0 Å². The van der Waals surface area contributed by atoms with Crippen molar-refractivity contribution < 1.29 is 9.72 Å². The van der Waals surface area contributed by atoms with E-state index in [0.29, 0.717) is 17.9 Å². The Kier molecular flexibility index (Phi) is 3.78. The van der Waals surface area contributed by atoms with Crippen LogP contribution in [0.25, 0.3) is 0 Å². The van der Waals surface area contributed by atoms with Crippen LogP contribution < -0.4 is 5.32 Å². The van der Waals surface area contributed by atoms with Gasteiger partial charge in [0.25, 0.3) is 0 Å². The molecule has 2 aromatic heterocycles. The summed E-state index contributed by atoms with van der Waals surface area (Å²) < 4.78 is 1.51. The zero-order valence-corrected chi connectivity index (χ0v) is 11.1. The van der Waals surface area contributed by atoms with E-state index in [4.69, 9.17) is 0 Å². The summed E-state index contributed by atoms with van der Waals surface area (Å²) in [5, 5.41) is 20.0. The number of hydrogen-bond donors (Lipinski definition) is 2. The minimum Gasteiger partial charge on any atom is -0.358 e. The molecule has 2 heterocycles. The molecule has 0 bridgehead atoms. The number of nitro groups is 1. The van der Waals surface area contributed by atoms with Crippen molar-refractivity contribution in [2.75, 3.05) is 5.32 Å². The molecule has 0 unspecified atom stereocenters. The summed E-state index contributed by atoms with van der Waals surface area (Å²) in [4.78, 5) is 25.3. The SMILES string of the molecule is Cc1n[nH]c(C)c1NC(=O)CCn1cnc([N+](=O)[O-])c1. The van der Waals surface area contributed by atoms with Crippen LogP contribution in [0.15, 0.2) is 12.5 Å². The number of aromatic amines is 1. The number of H-pyrrole nitrogens is 1. The lowest BCUT2D eigenvalue weighted by Gasteiger charge is -2.05. The van der Waals surface area contributed by atoms with Crippen LogP contribution in [0.2, 0.25) is 0 Å². The number of amides is 1. The number of carbonyl (C=O) groups is 1. The standard InChI is InChI=1S/C11H14N6O3/c1-7-11(8(2)15-14-7)13-10(18)3-4-16-5-9(12-6-16)17(19)20/h5-6H,3-4H2,1-2H3,(H,13,18)(H,14,15). The van der Waals surface area contributed by atoms with E-state index in [9.17, 15) is 14.9 Å². The van der Waals surface area contributed by atoms with Crippen molar-refractivity contribution in [1.29, 1.82) is 0 Å². The van der Waals surface area contributed by atoms with Crippen LogP contribution in [0, 0.1) is 24.0 Å². The van der Waals surface area contributed by atoms with Gasteiger partial charge in [0, 0.05) is 13.0 Å². The smallest absolute Gasteiger partial charge is 0.358 e. The van der Waals surface area contributed by atoms with Gasteiger partial charge in [0.2, 0.25) is 12.2 Å². The Morgan fingerprint density at radius 2 is 2.30 bits per heavy atom. The third kappa shape index (κ3) is 2.99. The first-order valence-corrected chi connectivity index (χ1v) is 5.95. The van der Waals surface area contributed by atoms with E-state index >= 15 is 0 Å². The predicted molar refractivity (Wildman–Crippen MR) is 70.2 cm³/mol. The van der Waals surface area contributed by atoms with E-state index in [-0.39, 0.29) is 18.1 Å². The Morgan fingerprint density at radius 1 is 1.55 bits per heavy atom. The molecule has 2 rings (SSSR count). The van der Waals surface area contributed by atoms with E-state index in [1.54, 1.807) is 6.92 Å². The molecule has 0 fully saturated rings. The highest BCUT2D eigenvalue weighted by Crippen LogP contribution is 2.16.